The molecule has 132 valence electrons. The van der Waals surface area contributed by atoms with Gasteiger partial charge in [0.25, 0.3) is 5.91 Å². The Morgan fingerprint density at radius 3 is 2.54 bits per heavy atom. The van der Waals surface area contributed by atoms with Gasteiger partial charge >= 0.3 is 0 Å². The summed E-state index contributed by atoms with van der Waals surface area (Å²) in [6.45, 7) is 0. The maximum atomic E-state index is 12.4. The third-order valence-corrected chi connectivity index (χ3v) is 4.00. The van der Waals surface area contributed by atoms with Gasteiger partial charge in [-0.2, -0.15) is 0 Å². The second-order valence-electron chi connectivity index (χ2n) is 5.19. The second-order valence-corrected chi connectivity index (χ2v) is 6.03. The minimum absolute atomic E-state index is 0.150. The number of aromatic nitrogens is 2. The smallest absolute Gasteiger partial charge is 0.275 e. The molecule has 0 radical (unpaired) electrons. The summed E-state index contributed by atoms with van der Waals surface area (Å²) >= 11 is 12.0. The Labute approximate surface area is 160 Å². The summed E-state index contributed by atoms with van der Waals surface area (Å²) in [5.74, 6) is 0.532. The number of hydrogen-bond donors (Lipinski definition) is 2. The van der Waals surface area contributed by atoms with Crippen LogP contribution in [0.15, 0.2) is 54.9 Å². The summed E-state index contributed by atoms with van der Waals surface area (Å²) < 4.78 is 5.20. The summed E-state index contributed by atoms with van der Waals surface area (Å²) in [5, 5.41) is 6.78. The van der Waals surface area contributed by atoms with Crippen LogP contribution in [0.2, 0.25) is 10.0 Å². The molecule has 0 saturated carbocycles. The number of ether oxygens (including phenoxy) is 1. The lowest BCUT2D eigenvalue weighted by molar-refractivity contribution is 0.102. The molecule has 0 aliphatic heterocycles. The molecule has 0 bridgehead atoms. The summed E-state index contributed by atoms with van der Waals surface area (Å²) in [7, 11) is 1.51. The average Bonchev–Trinajstić information content (AvgIpc) is 2.64. The average molecular weight is 389 g/mol. The highest BCUT2D eigenvalue weighted by atomic mass is 35.5. The first-order chi connectivity index (χ1) is 12.6. The Morgan fingerprint density at radius 1 is 1.04 bits per heavy atom. The number of nitrogens with zero attached hydrogens (tertiary/aromatic N) is 2. The molecule has 0 fully saturated rings. The molecule has 0 saturated heterocycles. The van der Waals surface area contributed by atoms with Crippen LogP contribution in [0, 0.1) is 0 Å². The number of hydrogen-bond acceptors (Lipinski definition) is 5. The Bertz CT molecular complexity index is 933. The van der Waals surface area contributed by atoms with E-state index in [1.54, 1.807) is 24.3 Å². The van der Waals surface area contributed by atoms with E-state index in [1.165, 1.54) is 19.5 Å². The van der Waals surface area contributed by atoms with Crippen molar-refractivity contribution in [2.45, 2.75) is 0 Å². The number of nitrogens with one attached hydrogen (secondary N) is 2. The number of para-hydroxylation sites is 1. The van der Waals surface area contributed by atoms with Gasteiger partial charge in [0.2, 0.25) is 0 Å². The van der Waals surface area contributed by atoms with Crippen molar-refractivity contribution >= 4 is 46.3 Å². The molecular formula is C18H14Cl2N4O2. The molecule has 2 aromatic carbocycles. The lowest BCUT2D eigenvalue weighted by Gasteiger charge is -2.10. The molecule has 3 rings (SSSR count). The van der Waals surface area contributed by atoms with Crippen LogP contribution in [0.5, 0.6) is 5.75 Å². The number of methoxy groups -OCH3 is 1. The molecule has 1 amide bonds. The first kappa shape index (κ1) is 18.0. The summed E-state index contributed by atoms with van der Waals surface area (Å²) in [5.41, 5.74) is 1.30. The van der Waals surface area contributed by atoms with Gasteiger partial charge < -0.3 is 15.4 Å². The first-order valence-corrected chi connectivity index (χ1v) is 8.31. The minimum Gasteiger partial charge on any atom is -0.495 e. The van der Waals surface area contributed by atoms with Crippen LogP contribution < -0.4 is 15.4 Å². The number of anilines is 3. The number of rotatable bonds is 5. The van der Waals surface area contributed by atoms with Crippen LogP contribution in [0.3, 0.4) is 0 Å². The molecule has 1 heterocycles. The fraction of sp³-hybridized carbons (Fsp3) is 0.0556. The van der Waals surface area contributed by atoms with Gasteiger partial charge in [0.05, 0.1) is 35.9 Å². The fourth-order valence-corrected chi connectivity index (χ4v) is 2.53. The van der Waals surface area contributed by atoms with Crippen molar-refractivity contribution < 1.29 is 9.53 Å². The predicted octanol–water partition coefficient (Wildman–Crippen LogP) is 4.79. The molecule has 0 unspecified atom stereocenters. The van der Waals surface area contributed by atoms with E-state index in [-0.39, 0.29) is 5.69 Å². The van der Waals surface area contributed by atoms with Crippen LogP contribution in [-0.4, -0.2) is 23.0 Å². The van der Waals surface area contributed by atoms with Crippen molar-refractivity contribution in [2.24, 2.45) is 0 Å². The molecule has 6 nitrogen and oxygen atoms in total. The zero-order valence-electron chi connectivity index (χ0n) is 13.7. The summed E-state index contributed by atoms with van der Waals surface area (Å²) in [6.07, 6.45) is 2.82. The highest BCUT2D eigenvalue weighted by molar-refractivity contribution is 6.33. The highest BCUT2D eigenvalue weighted by Crippen LogP contribution is 2.28. The van der Waals surface area contributed by atoms with E-state index in [1.807, 2.05) is 18.2 Å². The molecule has 0 aliphatic rings. The zero-order valence-corrected chi connectivity index (χ0v) is 15.2. The lowest BCUT2D eigenvalue weighted by Crippen LogP contribution is -2.15. The van der Waals surface area contributed by atoms with Crippen molar-refractivity contribution in [3.05, 3.63) is 70.6 Å². The molecule has 0 spiro atoms. The van der Waals surface area contributed by atoms with Crippen molar-refractivity contribution in [3.63, 3.8) is 0 Å². The lowest BCUT2D eigenvalue weighted by atomic mass is 10.2. The van der Waals surface area contributed by atoms with Crippen molar-refractivity contribution in [2.75, 3.05) is 17.7 Å². The molecule has 0 aliphatic carbocycles. The Balaban J connectivity index is 1.73. The number of halogens is 2. The van der Waals surface area contributed by atoms with Gasteiger partial charge in [-0.25, -0.2) is 9.97 Å². The van der Waals surface area contributed by atoms with Gasteiger partial charge in [-0.3, -0.25) is 4.79 Å². The third-order valence-electron chi connectivity index (χ3n) is 3.43. The predicted molar refractivity (Wildman–Crippen MR) is 103 cm³/mol. The maximum absolute atomic E-state index is 12.4. The molecule has 1 aromatic heterocycles. The Morgan fingerprint density at radius 2 is 1.85 bits per heavy atom. The topological polar surface area (TPSA) is 76.1 Å². The van der Waals surface area contributed by atoms with Crippen LogP contribution in [-0.2, 0) is 0 Å². The van der Waals surface area contributed by atoms with Crippen LogP contribution in [0.4, 0.5) is 17.2 Å². The van der Waals surface area contributed by atoms with Gasteiger partial charge in [0, 0.05) is 5.02 Å². The van der Waals surface area contributed by atoms with E-state index in [2.05, 4.69) is 20.6 Å². The van der Waals surface area contributed by atoms with Crippen molar-refractivity contribution in [1.82, 2.24) is 9.97 Å². The number of carbonyl (C=O) groups excluding carboxylic acids is 1. The van der Waals surface area contributed by atoms with E-state index in [0.717, 1.165) is 0 Å². The molecule has 26 heavy (non-hydrogen) atoms. The molecular weight excluding hydrogens is 375 g/mol. The monoisotopic (exact) mass is 388 g/mol. The van der Waals surface area contributed by atoms with Crippen molar-refractivity contribution in [1.29, 1.82) is 0 Å². The first-order valence-electron chi connectivity index (χ1n) is 7.55. The fourth-order valence-electron chi connectivity index (χ4n) is 2.17. The van der Waals surface area contributed by atoms with E-state index < -0.39 is 5.91 Å². The third kappa shape index (κ3) is 4.22. The standard InChI is InChI=1S/C18H14Cl2N4O2/c1-26-16-7-6-11(19)8-14(16)24-18(25)15-9-22-17(10-21-15)23-13-5-3-2-4-12(13)20/h2-10H,1H3,(H,22,23)(H,24,25). The van der Waals surface area contributed by atoms with Gasteiger partial charge in [-0.1, -0.05) is 35.3 Å². The number of amides is 1. The summed E-state index contributed by atoms with van der Waals surface area (Å²) in [4.78, 5) is 20.7. The molecule has 3 aromatic rings. The van der Waals surface area contributed by atoms with Crippen LogP contribution >= 0.6 is 23.2 Å². The largest absolute Gasteiger partial charge is 0.495 e. The van der Waals surface area contributed by atoms with Gasteiger partial charge in [0.1, 0.15) is 17.3 Å². The van der Waals surface area contributed by atoms with Crippen molar-refractivity contribution in [3.8, 4) is 5.75 Å². The molecule has 8 heteroatoms. The molecule has 2 N–H and O–H groups in total. The van der Waals surface area contributed by atoms with E-state index in [0.29, 0.717) is 33.0 Å². The summed E-state index contributed by atoms with van der Waals surface area (Å²) in [6, 6.07) is 12.2. The maximum Gasteiger partial charge on any atom is 0.275 e. The molecule has 0 atom stereocenters. The number of carbonyl (C=O) groups is 1. The van der Waals surface area contributed by atoms with Crippen LogP contribution in [0.25, 0.3) is 0 Å². The number of benzene rings is 2. The van der Waals surface area contributed by atoms with E-state index in [9.17, 15) is 4.79 Å². The van der Waals surface area contributed by atoms with Gasteiger partial charge in [-0.05, 0) is 30.3 Å². The highest BCUT2D eigenvalue weighted by Gasteiger charge is 2.12. The Kier molecular flexibility index (Phi) is 5.55. The van der Waals surface area contributed by atoms with E-state index in [4.69, 9.17) is 27.9 Å². The van der Waals surface area contributed by atoms with Crippen LogP contribution in [0.1, 0.15) is 10.5 Å². The van der Waals surface area contributed by atoms with E-state index >= 15 is 0 Å². The quantitative estimate of drug-likeness (QED) is 0.656. The normalized spacial score (nSPS) is 10.3. The Hall–Kier alpha value is -2.83. The second kappa shape index (κ2) is 8.03. The zero-order chi connectivity index (χ0) is 18.5. The SMILES string of the molecule is COc1ccc(Cl)cc1NC(=O)c1cnc(Nc2ccccc2Cl)cn1. The van der Waals surface area contributed by atoms with Gasteiger partial charge in [0.15, 0.2) is 0 Å². The van der Waals surface area contributed by atoms with Gasteiger partial charge in [-0.15, -0.1) is 0 Å². The minimum atomic E-state index is -0.428.